The molecule has 22 heavy (non-hydrogen) atoms. The molecule has 0 saturated heterocycles. The maximum atomic E-state index is 12.7. The summed E-state index contributed by atoms with van der Waals surface area (Å²) in [6.07, 6.45) is 9.89. The second-order valence-corrected chi connectivity index (χ2v) is 8.30. The number of carbonyl (C=O) groups is 2. The minimum absolute atomic E-state index is 0.0320. The van der Waals surface area contributed by atoms with Gasteiger partial charge in [0.15, 0.2) is 0 Å². The van der Waals surface area contributed by atoms with Gasteiger partial charge in [-0.2, -0.15) is 0 Å². The van der Waals surface area contributed by atoms with Gasteiger partial charge >= 0.3 is 5.97 Å². The molecule has 0 unspecified atom stereocenters. The van der Waals surface area contributed by atoms with Gasteiger partial charge in [-0.15, -0.1) is 0 Å². The lowest BCUT2D eigenvalue weighted by Crippen LogP contribution is -2.57. The summed E-state index contributed by atoms with van der Waals surface area (Å²) in [7, 11) is 0. The van der Waals surface area contributed by atoms with Crippen molar-refractivity contribution in [2.45, 2.75) is 63.8 Å². The first kappa shape index (κ1) is 14.5. The van der Waals surface area contributed by atoms with Gasteiger partial charge in [-0.05, 0) is 68.6 Å². The van der Waals surface area contributed by atoms with E-state index in [9.17, 15) is 14.7 Å². The fourth-order valence-corrected chi connectivity index (χ4v) is 6.17. The number of amides is 1. The van der Waals surface area contributed by atoms with Crippen LogP contribution in [0.1, 0.15) is 57.8 Å². The van der Waals surface area contributed by atoms with E-state index in [1.165, 1.54) is 32.1 Å². The molecule has 0 aromatic heterocycles. The van der Waals surface area contributed by atoms with Crippen LogP contribution >= 0.6 is 0 Å². The lowest BCUT2D eigenvalue weighted by molar-refractivity contribution is -0.149. The normalized spacial score (nSPS) is 46.5. The van der Waals surface area contributed by atoms with Gasteiger partial charge in [0.1, 0.15) is 0 Å². The van der Waals surface area contributed by atoms with Crippen molar-refractivity contribution in [3.63, 3.8) is 0 Å². The molecule has 0 aromatic rings. The third kappa shape index (κ3) is 2.44. The van der Waals surface area contributed by atoms with Gasteiger partial charge < -0.3 is 10.4 Å². The van der Waals surface area contributed by atoms with E-state index < -0.39 is 11.9 Å². The van der Waals surface area contributed by atoms with Gasteiger partial charge in [0.2, 0.25) is 5.91 Å². The van der Waals surface area contributed by atoms with Crippen LogP contribution in [0.2, 0.25) is 0 Å². The molecule has 5 saturated carbocycles. The molecule has 0 spiro atoms. The molecule has 4 nitrogen and oxygen atoms in total. The molecular formula is C18H27NO3. The van der Waals surface area contributed by atoms with Gasteiger partial charge in [0, 0.05) is 6.04 Å². The van der Waals surface area contributed by atoms with Gasteiger partial charge in [-0.1, -0.05) is 12.8 Å². The molecule has 1 amide bonds. The number of carboxylic acid groups (broad SMARTS) is 1. The van der Waals surface area contributed by atoms with Gasteiger partial charge in [0.25, 0.3) is 0 Å². The van der Waals surface area contributed by atoms with E-state index in [2.05, 4.69) is 5.32 Å². The average Bonchev–Trinajstić information content (AvgIpc) is 2.50. The van der Waals surface area contributed by atoms with Crippen LogP contribution in [0, 0.1) is 35.5 Å². The van der Waals surface area contributed by atoms with Crippen molar-refractivity contribution in [2.24, 2.45) is 35.5 Å². The number of hydrogen-bond donors (Lipinski definition) is 2. The summed E-state index contributed by atoms with van der Waals surface area (Å²) in [6, 6.07) is 0.330. The Hall–Kier alpha value is -1.06. The van der Waals surface area contributed by atoms with Crippen LogP contribution in [0.4, 0.5) is 0 Å². The average molecular weight is 305 g/mol. The standard InChI is InChI=1S/C18H27NO3/c20-17(14-3-1-2-4-15(14)18(21)22)19-16-12-6-10-5-11(8-12)9-13(16)7-10/h10-16H,1-9H2,(H,19,20)(H,21,22)/t10?,11?,12?,13?,14-,15-,16?/m1/s1. The zero-order valence-corrected chi connectivity index (χ0v) is 13.2. The summed E-state index contributed by atoms with van der Waals surface area (Å²) >= 11 is 0. The summed E-state index contributed by atoms with van der Waals surface area (Å²) in [5.41, 5.74) is 0. The number of rotatable bonds is 3. The molecular weight excluding hydrogens is 278 g/mol. The van der Waals surface area contributed by atoms with Crippen LogP contribution in [0.5, 0.6) is 0 Å². The fraction of sp³-hybridized carbons (Fsp3) is 0.889. The van der Waals surface area contributed by atoms with E-state index >= 15 is 0 Å². The number of carboxylic acids is 1. The predicted octanol–water partition coefficient (Wildman–Crippen LogP) is 2.82. The summed E-state index contributed by atoms with van der Waals surface area (Å²) in [5, 5.41) is 12.7. The Kier molecular flexibility index (Phi) is 3.66. The SMILES string of the molecule is O=C(O)[C@@H]1CCCC[C@H]1C(=O)NC1C2CC3CC(C2)CC1C3. The van der Waals surface area contributed by atoms with Gasteiger partial charge in [-0.25, -0.2) is 0 Å². The zero-order valence-electron chi connectivity index (χ0n) is 13.2. The van der Waals surface area contributed by atoms with E-state index in [1.54, 1.807) is 0 Å². The quantitative estimate of drug-likeness (QED) is 0.842. The van der Waals surface area contributed by atoms with Crippen LogP contribution in [-0.4, -0.2) is 23.0 Å². The highest BCUT2D eigenvalue weighted by atomic mass is 16.4. The van der Waals surface area contributed by atoms with Crippen molar-refractivity contribution in [3.8, 4) is 0 Å². The smallest absolute Gasteiger partial charge is 0.307 e. The Morgan fingerprint density at radius 2 is 1.36 bits per heavy atom. The summed E-state index contributed by atoms with van der Waals surface area (Å²) in [6.45, 7) is 0. The lowest BCUT2D eigenvalue weighted by Gasteiger charge is -2.54. The molecule has 4 heteroatoms. The molecule has 122 valence electrons. The molecule has 0 aliphatic heterocycles. The van der Waals surface area contributed by atoms with Crippen molar-refractivity contribution in [2.75, 3.05) is 0 Å². The van der Waals surface area contributed by atoms with Gasteiger partial charge in [-0.3, -0.25) is 9.59 Å². The molecule has 2 N–H and O–H groups in total. The third-order valence-electron chi connectivity index (χ3n) is 6.96. The second-order valence-electron chi connectivity index (χ2n) is 8.30. The predicted molar refractivity (Wildman–Crippen MR) is 82.1 cm³/mol. The van der Waals surface area contributed by atoms with Crippen LogP contribution < -0.4 is 5.32 Å². The second kappa shape index (κ2) is 5.54. The van der Waals surface area contributed by atoms with Crippen molar-refractivity contribution in [3.05, 3.63) is 0 Å². The molecule has 0 radical (unpaired) electrons. The van der Waals surface area contributed by atoms with Crippen LogP contribution in [-0.2, 0) is 9.59 Å². The Morgan fingerprint density at radius 3 is 1.91 bits per heavy atom. The first-order valence-electron chi connectivity index (χ1n) is 9.15. The van der Waals surface area contributed by atoms with E-state index in [1.807, 2.05) is 0 Å². The van der Waals surface area contributed by atoms with Crippen LogP contribution in [0.25, 0.3) is 0 Å². The summed E-state index contributed by atoms with van der Waals surface area (Å²) in [4.78, 5) is 24.2. The maximum Gasteiger partial charge on any atom is 0.307 e. The largest absolute Gasteiger partial charge is 0.481 e. The highest BCUT2D eigenvalue weighted by Crippen LogP contribution is 2.53. The van der Waals surface area contributed by atoms with Crippen molar-refractivity contribution in [1.29, 1.82) is 0 Å². The minimum Gasteiger partial charge on any atom is -0.481 e. The van der Waals surface area contributed by atoms with E-state index in [4.69, 9.17) is 0 Å². The molecule has 5 fully saturated rings. The molecule has 5 aliphatic carbocycles. The number of hydrogen-bond acceptors (Lipinski definition) is 2. The number of nitrogens with one attached hydrogen (secondary N) is 1. The van der Waals surface area contributed by atoms with E-state index in [-0.39, 0.29) is 11.8 Å². The fourth-order valence-electron chi connectivity index (χ4n) is 6.17. The van der Waals surface area contributed by atoms with Crippen LogP contribution in [0.15, 0.2) is 0 Å². The van der Waals surface area contributed by atoms with E-state index in [0.29, 0.717) is 24.3 Å². The zero-order chi connectivity index (χ0) is 15.3. The highest BCUT2D eigenvalue weighted by molar-refractivity contribution is 5.85. The molecule has 5 aliphatic rings. The Labute approximate surface area is 132 Å². The molecule has 0 heterocycles. The number of aliphatic carboxylic acids is 1. The topological polar surface area (TPSA) is 66.4 Å². The maximum absolute atomic E-state index is 12.7. The molecule has 2 atom stereocenters. The van der Waals surface area contributed by atoms with Gasteiger partial charge in [0.05, 0.1) is 11.8 Å². The Balaban J connectivity index is 1.44. The van der Waals surface area contributed by atoms with E-state index in [0.717, 1.165) is 31.1 Å². The highest BCUT2D eigenvalue weighted by Gasteiger charge is 2.49. The molecule has 5 rings (SSSR count). The first-order valence-corrected chi connectivity index (χ1v) is 9.15. The van der Waals surface area contributed by atoms with Crippen LogP contribution in [0.3, 0.4) is 0 Å². The monoisotopic (exact) mass is 305 g/mol. The Bertz CT molecular complexity index is 447. The van der Waals surface area contributed by atoms with Crippen molar-refractivity contribution >= 4 is 11.9 Å². The van der Waals surface area contributed by atoms with Crippen molar-refractivity contribution < 1.29 is 14.7 Å². The summed E-state index contributed by atoms with van der Waals surface area (Å²) < 4.78 is 0. The number of carbonyl (C=O) groups excluding carboxylic acids is 1. The molecule has 0 aromatic carbocycles. The summed E-state index contributed by atoms with van der Waals surface area (Å²) in [5.74, 6) is 1.59. The van der Waals surface area contributed by atoms with Crippen molar-refractivity contribution in [1.82, 2.24) is 5.32 Å². The Morgan fingerprint density at radius 1 is 0.818 bits per heavy atom. The minimum atomic E-state index is -0.787. The lowest BCUT2D eigenvalue weighted by atomic mass is 9.54. The first-order chi connectivity index (χ1) is 10.6. The third-order valence-corrected chi connectivity index (χ3v) is 6.96. The molecule has 4 bridgehead atoms.